The number of nitrogens with one attached hydrogen (secondary N) is 1. The van der Waals surface area contributed by atoms with Gasteiger partial charge in [0.2, 0.25) is 0 Å². The molecule has 0 aromatic carbocycles. The summed E-state index contributed by atoms with van der Waals surface area (Å²) in [5.74, 6) is 1.78. The first-order valence-corrected chi connectivity index (χ1v) is 6.52. The van der Waals surface area contributed by atoms with E-state index in [0.717, 1.165) is 18.9 Å². The van der Waals surface area contributed by atoms with Crippen LogP contribution in [0.4, 0.5) is 0 Å². The SMILES string of the molecule is CC1CCCc2[nH]c(CC3CCCO3)nc21. The van der Waals surface area contributed by atoms with Crippen molar-refractivity contribution in [1.29, 1.82) is 0 Å². The molecule has 2 heterocycles. The Labute approximate surface area is 96.6 Å². The maximum Gasteiger partial charge on any atom is 0.109 e. The largest absolute Gasteiger partial charge is 0.378 e. The van der Waals surface area contributed by atoms with Gasteiger partial charge < -0.3 is 9.72 Å². The molecule has 1 aromatic heterocycles. The van der Waals surface area contributed by atoms with Gasteiger partial charge in [-0.05, 0) is 32.1 Å². The molecule has 88 valence electrons. The quantitative estimate of drug-likeness (QED) is 0.831. The Morgan fingerprint density at radius 3 is 3.06 bits per heavy atom. The second-order valence-corrected chi connectivity index (χ2v) is 5.18. The molecule has 0 amide bonds. The zero-order chi connectivity index (χ0) is 11.0. The van der Waals surface area contributed by atoms with Crippen LogP contribution >= 0.6 is 0 Å². The molecule has 2 aliphatic rings. The van der Waals surface area contributed by atoms with Gasteiger partial charge in [-0.2, -0.15) is 0 Å². The highest BCUT2D eigenvalue weighted by atomic mass is 16.5. The van der Waals surface area contributed by atoms with Crippen molar-refractivity contribution in [2.45, 2.75) is 57.5 Å². The van der Waals surface area contributed by atoms with Gasteiger partial charge in [0, 0.05) is 24.6 Å². The van der Waals surface area contributed by atoms with Crippen molar-refractivity contribution in [1.82, 2.24) is 9.97 Å². The number of aromatic amines is 1. The van der Waals surface area contributed by atoms with Crippen LogP contribution in [0.1, 0.15) is 55.7 Å². The predicted octanol–water partition coefficient (Wildman–Crippen LogP) is 2.57. The number of aromatic nitrogens is 2. The van der Waals surface area contributed by atoms with Gasteiger partial charge in [-0.3, -0.25) is 0 Å². The van der Waals surface area contributed by atoms with Crippen LogP contribution in [0.5, 0.6) is 0 Å². The number of rotatable bonds is 2. The molecule has 0 spiro atoms. The first-order chi connectivity index (χ1) is 7.83. The van der Waals surface area contributed by atoms with Gasteiger partial charge in [0.1, 0.15) is 5.82 Å². The minimum absolute atomic E-state index is 0.405. The third-order valence-electron chi connectivity index (χ3n) is 3.84. The Morgan fingerprint density at radius 2 is 2.31 bits per heavy atom. The molecular weight excluding hydrogens is 200 g/mol. The number of fused-ring (bicyclic) bond motifs is 1. The molecule has 3 nitrogen and oxygen atoms in total. The van der Waals surface area contributed by atoms with Crippen LogP contribution < -0.4 is 0 Å². The number of ether oxygens (including phenoxy) is 1. The average molecular weight is 220 g/mol. The number of aryl methyl sites for hydroxylation is 1. The van der Waals surface area contributed by atoms with Crippen LogP contribution in [0.25, 0.3) is 0 Å². The van der Waals surface area contributed by atoms with Crippen molar-refractivity contribution in [2.75, 3.05) is 6.61 Å². The summed E-state index contributed by atoms with van der Waals surface area (Å²) in [5, 5.41) is 0. The number of nitrogens with zero attached hydrogens (tertiary/aromatic N) is 1. The van der Waals surface area contributed by atoms with Crippen molar-refractivity contribution in [3.05, 3.63) is 17.2 Å². The normalized spacial score (nSPS) is 29.3. The second kappa shape index (κ2) is 4.21. The third-order valence-corrected chi connectivity index (χ3v) is 3.84. The molecule has 1 fully saturated rings. The topological polar surface area (TPSA) is 37.9 Å². The Morgan fingerprint density at radius 1 is 1.38 bits per heavy atom. The monoisotopic (exact) mass is 220 g/mol. The van der Waals surface area contributed by atoms with Crippen molar-refractivity contribution in [3.8, 4) is 0 Å². The maximum atomic E-state index is 5.66. The van der Waals surface area contributed by atoms with Gasteiger partial charge in [0.15, 0.2) is 0 Å². The summed E-state index contributed by atoms with van der Waals surface area (Å²) in [6, 6.07) is 0. The molecule has 0 bridgehead atoms. The van der Waals surface area contributed by atoms with E-state index in [9.17, 15) is 0 Å². The summed E-state index contributed by atoms with van der Waals surface area (Å²) in [4.78, 5) is 8.26. The summed E-state index contributed by atoms with van der Waals surface area (Å²) in [6.45, 7) is 3.22. The standard InChI is InChI=1S/C13H20N2O/c1-9-4-2-6-11-13(9)15-12(14-11)8-10-5-3-7-16-10/h9-10H,2-8H2,1H3,(H,14,15). The van der Waals surface area contributed by atoms with Gasteiger partial charge >= 0.3 is 0 Å². The van der Waals surface area contributed by atoms with E-state index in [1.54, 1.807) is 0 Å². The minimum Gasteiger partial charge on any atom is -0.378 e. The fraction of sp³-hybridized carbons (Fsp3) is 0.769. The molecule has 3 heteroatoms. The number of hydrogen-bond acceptors (Lipinski definition) is 2. The molecule has 0 saturated carbocycles. The molecule has 1 aliphatic carbocycles. The van der Waals surface area contributed by atoms with Crippen molar-refractivity contribution in [2.24, 2.45) is 0 Å². The lowest BCUT2D eigenvalue weighted by atomic mass is 9.92. The Bertz CT molecular complexity index is 366. The van der Waals surface area contributed by atoms with Gasteiger partial charge in [-0.25, -0.2) is 4.98 Å². The van der Waals surface area contributed by atoms with Crippen molar-refractivity contribution >= 4 is 0 Å². The van der Waals surface area contributed by atoms with E-state index in [1.165, 1.54) is 43.5 Å². The van der Waals surface area contributed by atoms with E-state index < -0.39 is 0 Å². The highest BCUT2D eigenvalue weighted by molar-refractivity contribution is 5.21. The zero-order valence-corrected chi connectivity index (χ0v) is 9.96. The summed E-state index contributed by atoms with van der Waals surface area (Å²) >= 11 is 0. The smallest absolute Gasteiger partial charge is 0.109 e. The van der Waals surface area contributed by atoms with E-state index in [4.69, 9.17) is 9.72 Å². The summed E-state index contributed by atoms with van der Waals surface area (Å²) in [5.41, 5.74) is 2.70. The molecule has 1 aromatic rings. The number of hydrogen-bond donors (Lipinski definition) is 1. The molecule has 1 aliphatic heterocycles. The van der Waals surface area contributed by atoms with Crippen LogP contribution in [-0.4, -0.2) is 22.7 Å². The molecule has 0 radical (unpaired) electrons. The first kappa shape index (κ1) is 10.3. The summed E-state index contributed by atoms with van der Waals surface area (Å²) in [6.07, 6.45) is 7.55. The van der Waals surface area contributed by atoms with Gasteiger partial charge in [-0.15, -0.1) is 0 Å². The number of H-pyrrole nitrogens is 1. The summed E-state index contributed by atoms with van der Waals surface area (Å²) < 4.78 is 5.66. The molecule has 1 saturated heterocycles. The highest BCUT2D eigenvalue weighted by Crippen LogP contribution is 2.29. The van der Waals surface area contributed by atoms with E-state index in [1.807, 2.05) is 0 Å². The third kappa shape index (κ3) is 1.88. The van der Waals surface area contributed by atoms with Crippen LogP contribution in [-0.2, 0) is 17.6 Å². The molecule has 1 N–H and O–H groups in total. The highest BCUT2D eigenvalue weighted by Gasteiger charge is 2.23. The lowest BCUT2D eigenvalue weighted by Crippen LogP contribution is -2.10. The lowest BCUT2D eigenvalue weighted by Gasteiger charge is -2.15. The van der Waals surface area contributed by atoms with Crippen LogP contribution in [0, 0.1) is 0 Å². The first-order valence-electron chi connectivity index (χ1n) is 6.52. The van der Waals surface area contributed by atoms with E-state index in [2.05, 4.69) is 11.9 Å². The average Bonchev–Trinajstić information content (AvgIpc) is 2.88. The Kier molecular flexibility index (Phi) is 2.72. The van der Waals surface area contributed by atoms with Crippen molar-refractivity contribution in [3.63, 3.8) is 0 Å². The minimum atomic E-state index is 0.405. The van der Waals surface area contributed by atoms with E-state index in [0.29, 0.717) is 12.0 Å². The lowest BCUT2D eigenvalue weighted by molar-refractivity contribution is 0.110. The molecular formula is C13H20N2O. The van der Waals surface area contributed by atoms with Crippen LogP contribution in [0.3, 0.4) is 0 Å². The molecule has 2 unspecified atom stereocenters. The van der Waals surface area contributed by atoms with Gasteiger partial charge in [0.25, 0.3) is 0 Å². The predicted molar refractivity (Wildman–Crippen MR) is 62.6 cm³/mol. The van der Waals surface area contributed by atoms with Gasteiger partial charge in [-0.1, -0.05) is 6.92 Å². The zero-order valence-electron chi connectivity index (χ0n) is 9.96. The molecule has 16 heavy (non-hydrogen) atoms. The van der Waals surface area contributed by atoms with E-state index in [-0.39, 0.29) is 0 Å². The molecule has 2 atom stereocenters. The van der Waals surface area contributed by atoms with Crippen molar-refractivity contribution < 1.29 is 4.74 Å². The maximum absolute atomic E-state index is 5.66. The van der Waals surface area contributed by atoms with E-state index >= 15 is 0 Å². The fourth-order valence-electron chi connectivity index (χ4n) is 2.92. The Balaban J connectivity index is 1.75. The number of imidazole rings is 1. The summed E-state index contributed by atoms with van der Waals surface area (Å²) in [7, 11) is 0. The molecule has 3 rings (SSSR count). The fourth-order valence-corrected chi connectivity index (χ4v) is 2.92. The van der Waals surface area contributed by atoms with Crippen LogP contribution in [0.15, 0.2) is 0 Å². The second-order valence-electron chi connectivity index (χ2n) is 5.18. The Hall–Kier alpha value is -0.830. The van der Waals surface area contributed by atoms with Gasteiger partial charge in [0.05, 0.1) is 11.8 Å². The van der Waals surface area contributed by atoms with Crippen LogP contribution in [0.2, 0.25) is 0 Å².